The Labute approximate surface area is 147 Å². The van der Waals surface area contributed by atoms with Crippen molar-refractivity contribution in [3.63, 3.8) is 0 Å². The molecule has 1 amide bonds. The molecule has 1 aliphatic rings. The van der Waals surface area contributed by atoms with Gasteiger partial charge in [-0.1, -0.05) is 18.2 Å². The number of rotatable bonds is 6. The molecule has 0 aliphatic carbocycles. The third-order valence-corrected chi connectivity index (χ3v) is 3.87. The lowest BCUT2D eigenvalue weighted by Crippen LogP contribution is -2.38. The van der Waals surface area contributed by atoms with Crippen LogP contribution in [0.5, 0.6) is 5.75 Å². The maximum atomic E-state index is 12.2. The summed E-state index contributed by atoms with van der Waals surface area (Å²) in [5.74, 6) is 1.89. The maximum Gasteiger partial charge on any atom is 0.261 e. The Balaban J connectivity index is 1.53. The summed E-state index contributed by atoms with van der Waals surface area (Å²) in [6, 6.07) is 11.1. The molecule has 1 atom stereocenters. The lowest BCUT2D eigenvalue weighted by atomic mass is 10.3. The highest BCUT2D eigenvalue weighted by molar-refractivity contribution is 5.80. The van der Waals surface area contributed by atoms with Crippen LogP contribution in [0.4, 0.5) is 5.82 Å². The van der Waals surface area contributed by atoms with Gasteiger partial charge in [0.2, 0.25) is 0 Å². The highest BCUT2D eigenvalue weighted by Crippen LogP contribution is 2.12. The van der Waals surface area contributed by atoms with Crippen LogP contribution in [0.1, 0.15) is 12.7 Å². The quantitative estimate of drug-likeness (QED) is 0.855. The topological polar surface area (TPSA) is 76.6 Å². The van der Waals surface area contributed by atoms with Crippen LogP contribution in [0, 0.1) is 0 Å². The molecule has 1 saturated heterocycles. The number of nitrogens with zero attached hydrogens (tertiary/aromatic N) is 3. The fourth-order valence-electron chi connectivity index (χ4n) is 2.51. The molecule has 0 saturated carbocycles. The Kier molecular flexibility index (Phi) is 5.79. The average molecular weight is 342 g/mol. The van der Waals surface area contributed by atoms with Crippen molar-refractivity contribution in [2.75, 3.05) is 31.2 Å². The van der Waals surface area contributed by atoms with E-state index in [-0.39, 0.29) is 12.5 Å². The van der Waals surface area contributed by atoms with Gasteiger partial charge in [-0.15, -0.1) is 0 Å². The van der Waals surface area contributed by atoms with Gasteiger partial charge in [0.15, 0.2) is 6.10 Å². The molecule has 1 aromatic heterocycles. The monoisotopic (exact) mass is 342 g/mol. The van der Waals surface area contributed by atoms with Gasteiger partial charge >= 0.3 is 0 Å². The number of morpholine rings is 1. The minimum Gasteiger partial charge on any atom is -0.481 e. The Morgan fingerprint density at radius 1 is 1.28 bits per heavy atom. The number of hydrogen-bond acceptors (Lipinski definition) is 6. The third kappa shape index (κ3) is 4.90. The van der Waals surface area contributed by atoms with E-state index in [0.717, 1.165) is 18.9 Å². The molecule has 1 aliphatic heterocycles. The largest absolute Gasteiger partial charge is 0.481 e. The van der Waals surface area contributed by atoms with E-state index in [1.165, 1.54) is 0 Å². The molecule has 1 N–H and O–H groups in total. The highest BCUT2D eigenvalue weighted by atomic mass is 16.5. The van der Waals surface area contributed by atoms with E-state index in [1.807, 2.05) is 36.4 Å². The smallest absolute Gasteiger partial charge is 0.261 e. The number of nitrogens with one attached hydrogen (secondary N) is 1. The first-order valence-corrected chi connectivity index (χ1v) is 8.36. The van der Waals surface area contributed by atoms with Crippen LogP contribution in [-0.2, 0) is 16.1 Å². The van der Waals surface area contributed by atoms with Crippen molar-refractivity contribution in [1.29, 1.82) is 0 Å². The van der Waals surface area contributed by atoms with Gasteiger partial charge in [0, 0.05) is 19.3 Å². The summed E-state index contributed by atoms with van der Waals surface area (Å²) in [7, 11) is 0. The van der Waals surface area contributed by atoms with Crippen LogP contribution in [0.15, 0.2) is 42.6 Å². The van der Waals surface area contributed by atoms with E-state index in [1.54, 1.807) is 13.1 Å². The zero-order valence-electron chi connectivity index (χ0n) is 14.2. The minimum atomic E-state index is -0.593. The summed E-state index contributed by atoms with van der Waals surface area (Å²) >= 11 is 0. The third-order valence-electron chi connectivity index (χ3n) is 3.87. The van der Waals surface area contributed by atoms with Gasteiger partial charge in [0.05, 0.1) is 19.8 Å². The van der Waals surface area contributed by atoms with E-state index in [4.69, 9.17) is 9.47 Å². The van der Waals surface area contributed by atoms with Crippen molar-refractivity contribution >= 4 is 11.7 Å². The fourth-order valence-corrected chi connectivity index (χ4v) is 2.51. The molecule has 7 nitrogen and oxygen atoms in total. The Morgan fingerprint density at radius 3 is 2.80 bits per heavy atom. The highest BCUT2D eigenvalue weighted by Gasteiger charge is 2.16. The van der Waals surface area contributed by atoms with Crippen LogP contribution in [0.25, 0.3) is 0 Å². The number of hydrogen-bond donors (Lipinski definition) is 1. The second-order valence-electron chi connectivity index (χ2n) is 5.72. The van der Waals surface area contributed by atoms with Gasteiger partial charge in [-0.3, -0.25) is 4.79 Å². The van der Waals surface area contributed by atoms with Crippen molar-refractivity contribution in [1.82, 2.24) is 15.3 Å². The molecule has 1 aromatic carbocycles. The van der Waals surface area contributed by atoms with E-state index < -0.39 is 6.10 Å². The number of para-hydroxylation sites is 1. The van der Waals surface area contributed by atoms with Crippen molar-refractivity contribution in [2.24, 2.45) is 0 Å². The minimum absolute atomic E-state index is 0.204. The van der Waals surface area contributed by atoms with Crippen LogP contribution >= 0.6 is 0 Å². The molecule has 7 heteroatoms. The number of carbonyl (C=O) groups excluding carboxylic acids is 1. The number of amides is 1. The molecular formula is C18H22N4O3. The standard InChI is InChI=1S/C18H22N4O3/c1-14(25-15-5-3-2-4-6-15)18(23)20-13-16-19-8-7-17(21-16)22-9-11-24-12-10-22/h2-8,14H,9-13H2,1H3,(H,20,23)/t14-/m1/s1. The summed E-state index contributed by atoms with van der Waals surface area (Å²) in [6.45, 7) is 5.00. The number of anilines is 1. The molecule has 0 bridgehead atoms. The SMILES string of the molecule is C[C@@H](Oc1ccccc1)C(=O)NCc1nccc(N2CCOCC2)n1. The van der Waals surface area contributed by atoms with Crippen LogP contribution in [0.3, 0.4) is 0 Å². The lowest BCUT2D eigenvalue weighted by molar-refractivity contribution is -0.127. The Bertz CT molecular complexity index is 690. The fraction of sp³-hybridized carbons (Fsp3) is 0.389. The normalized spacial score (nSPS) is 15.5. The van der Waals surface area contributed by atoms with Gasteiger partial charge < -0.3 is 19.7 Å². The molecule has 132 valence electrons. The first-order chi connectivity index (χ1) is 12.2. The molecule has 2 aromatic rings. The zero-order valence-corrected chi connectivity index (χ0v) is 14.2. The zero-order chi connectivity index (χ0) is 17.5. The predicted octanol–water partition coefficient (Wildman–Crippen LogP) is 1.40. The molecular weight excluding hydrogens is 320 g/mol. The predicted molar refractivity (Wildman–Crippen MR) is 93.4 cm³/mol. The average Bonchev–Trinajstić information content (AvgIpc) is 2.68. The molecule has 3 rings (SSSR count). The first kappa shape index (κ1) is 17.2. The molecule has 0 spiro atoms. The van der Waals surface area contributed by atoms with Gasteiger partial charge in [-0.2, -0.15) is 0 Å². The molecule has 25 heavy (non-hydrogen) atoms. The Hall–Kier alpha value is -2.67. The van der Waals surface area contributed by atoms with Crippen molar-refractivity contribution < 1.29 is 14.3 Å². The van der Waals surface area contributed by atoms with Crippen LogP contribution in [0.2, 0.25) is 0 Å². The van der Waals surface area contributed by atoms with Crippen molar-refractivity contribution in [2.45, 2.75) is 19.6 Å². The summed E-state index contributed by atoms with van der Waals surface area (Å²) < 4.78 is 11.0. The number of ether oxygens (including phenoxy) is 2. The number of aromatic nitrogens is 2. The maximum absolute atomic E-state index is 12.2. The van der Waals surface area contributed by atoms with Crippen LogP contribution in [-0.4, -0.2) is 48.3 Å². The molecule has 0 radical (unpaired) electrons. The summed E-state index contributed by atoms with van der Waals surface area (Å²) in [5, 5.41) is 2.82. The van der Waals surface area contributed by atoms with Gasteiger partial charge in [-0.25, -0.2) is 9.97 Å². The van der Waals surface area contributed by atoms with Crippen molar-refractivity contribution in [3.05, 3.63) is 48.4 Å². The van der Waals surface area contributed by atoms with E-state index in [0.29, 0.717) is 24.8 Å². The second kappa shape index (κ2) is 8.43. The molecule has 1 fully saturated rings. The van der Waals surface area contributed by atoms with Gasteiger partial charge in [0.1, 0.15) is 17.4 Å². The second-order valence-corrected chi connectivity index (χ2v) is 5.72. The van der Waals surface area contributed by atoms with Gasteiger partial charge in [-0.05, 0) is 25.1 Å². The van der Waals surface area contributed by atoms with E-state index in [9.17, 15) is 4.79 Å². The summed E-state index contributed by atoms with van der Waals surface area (Å²) in [5.41, 5.74) is 0. The van der Waals surface area contributed by atoms with E-state index in [2.05, 4.69) is 20.2 Å². The molecule has 0 unspecified atom stereocenters. The number of carbonyl (C=O) groups is 1. The van der Waals surface area contributed by atoms with Gasteiger partial charge in [0.25, 0.3) is 5.91 Å². The molecule has 2 heterocycles. The Morgan fingerprint density at radius 2 is 2.04 bits per heavy atom. The number of benzene rings is 1. The first-order valence-electron chi connectivity index (χ1n) is 8.36. The summed E-state index contributed by atoms with van der Waals surface area (Å²) in [6.07, 6.45) is 1.12. The summed E-state index contributed by atoms with van der Waals surface area (Å²) in [4.78, 5) is 23.1. The lowest BCUT2D eigenvalue weighted by Gasteiger charge is -2.27. The van der Waals surface area contributed by atoms with E-state index >= 15 is 0 Å². The van der Waals surface area contributed by atoms with Crippen LogP contribution < -0.4 is 15.0 Å². The van der Waals surface area contributed by atoms with Crippen molar-refractivity contribution in [3.8, 4) is 5.75 Å².